The zero-order valence-electron chi connectivity index (χ0n) is 7.28. The van der Waals surface area contributed by atoms with Crippen LogP contribution in [0.2, 0.25) is 0 Å². The van der Waals surface area contributed by atoms with Crippen molar-refractivity contribution in [3.05, 3.63) is 28.8 Å². The van der Waals surface area contributed by atoms with Crippen LogP contribution in [-0.4, -0.2) is 17.7 Å². The predicted octanol–water partition coefficient (Wildman–Crippen LogP) is 1.58. The molecule has 0 aliphatic rings. The first-order chi connectivity index (χ1) is 6.22. The molecule has 0 amide bonds. The summed E-state index contributed by atoms with van der Waals surface area (Å²) in [4.78, 5) is 21.0. The lowest BCUT2D eigenvalue weighted by Gasteiger charge is -2.04. The number of aromatic hydroxyl groups is 1. The predicted molar refractivity (Wildman–Crippen MR) is 48.3 cm³/mol. The molecule has 3 heteroatoms. The zero-order chi connectivity index (χ0) is 9.84. The smallest absolute Gasteiger partial charge is 0.150 e. The van der Waals surface area contributed by atoms with Crippen molar-refractivity contribution in [2.45, 2.75) is 13.3 Å². The van der Waals surface area contributed by atoms with Gasteiger partial charge in [0, 0.05) is 11.1 Å². The summed E-state index contributed by atoms with van der Waals surface area (Å²) in [5.41, 5.74) is 1.22. The second kappa shape index (κ2) is 3.85. The normalized spacial score (nSPS) is 9.62. The molecule has 1 rings (SSSR count). The number of aryl methyl sites for hydroxylation is 1. The van der Waals surface area contributed by atoms with Gasteiger partial charge in [-0.15, -0.1) is 0 Å². The summed E-state index contributed by atoms with van der Waals surface area (Å²) in [6.07, 6.45) is 1.80. The maximum atomic E-state index is 10.5. The van der Waals surface area contributed by atoms with Gasteiger partial charge in [0.1, 0.15) is 5.75 Å². The minimum atomic E-state index is 0.0650. The fraction of sp³-hybridized carbons (Fsp3) is 0.200. The number of aldehydes is 2. The van der Waals surface area contributed by atoms with E-state index in [4.69, 9.17) is 0 Å². The molecule has 68 valence electrons. The summed E-state index contributed by atoms with van der Waals surface area (Å²) in [5, 5.41) is 9.37. The second-order valence-corrected chi connectivity index (χ2v) is 2.70. The Hall–Kier alpha value is -1.64. The fourth-order valence-electron chi connectivity index (χ4n) is 1.16. The zero-order valence-corrected chi connectivity index (χ0v) is 7.28. The summed E-state index contributed by atoms with van der Waals surface area (Å²) < 4.78 is 0. The first-order valence-electron chi connectivity index (χ1n) is 3.99. The highest BCUT2D eigenvalue weighted by Gasteiger charge is 2.06. The first kappa shape index (κ1) is 9.45. The SMILES string of the molecule is CCc1cc(C=O)c(C=O)cc1O. The van der Waals surface area contributed by atoms with E-state index in [1.54, 1.807) is 0 Å². The van der Waals surface area contributed by atoms with Crippen LogP contribution >= 0.6 is 0 Å². The number of phenols is 1. The van der Waals surface area contributed by atoms with Gasteiger partial charge in [0.25, 0.3) is 0 Å². The van der Waals surface area contributed by atoms with Crippen molar-refractivity contribution >= 4 is 12.6 Å². The molecular weight excluding hydrogens is 168 g/mol. The van der Waals surface area contributed by atoms with Gasteiger partial charge < -0.3 is 5.11 Å². The molecule has 3 nitrogen and oxygen atoms in total. The van der Waals surface area contributed by atoms with Crippen LogP contribution < -0.4 is 0 Å². The molecular formula is C10H10O3. The molecule has 13 heavy (non-hydrogen) atoms. The van der Waals surface area contributed by atoms with E-state index in [1.807, 2.05) is 6.92 Å². The van der Waals surface area contributed by atoms with E-state index in [-0.39, 0.29) is 11.3 Å². The molecule has 0 aromatic heterocycles. The number of hydrogen-bond acceptors (Lipinski definition) is 3. The van der Waals surface area contributed by atoms with E-state index in [9.17, 15) is 14.7 Å². The molecule has 1 aromatic carbocycles. The number of carbonyl (C=O) groups excluding carboxylic acids is 2. The topological polar surface area (TPSA) is 54.4 Å². The third-order valence-corrected chi connectivity index (χ3v) is 1.92. The monoisotopic (exact) mass is 178 g/mol. The van der Waals surface area contributed by atoms with Gasteiger partial charge in [0.15, 0.2) is 12.6 Å². The Morgan fingerprint density at radius 2 is 1.77 bits per heavy atom. The van der Waals surface area contributed by atoms with Crippen LogP contribution in [0.3, 0.4) is 0 Å². The number of hydrogen-bond donors (Lipinski definition) is 1. The molecule has 0 aliphatic carbocycles. The summed E-state index contributed by atoms with van der Waals surface area (Å²) in [6, 6.07) is 2.85. The second-order valence-electron chi connectivity index (χ2n) is 2.70. The van der Waals surface area contributed by atoms with Crippen LogP contribution in [-0.2, 0) is 6.42 Å². The quantitative estimate of drug-likeness (QED) is 0.715. The van der Waals surface area contributed by atoms with E-state index >= 15 is 0 Å². The number of carbonyl (C=O) groups is 2. The largest absolute Gasteiger partial charge is 0.508 e. The molecule has 1 N–H and O–H groups in total. The van der Waals surface area contributed by atoms with E-state index in [0.29, 0.717) is 30.1 Å². The van der Waals surface area contributed by atoms with Crippen molar-refractivity contribution in [1.29, 1.82) is 0 Å². The third-order valence-electron chi connectivity index (χ3n) is 1.92. The molecule has 1 aromatic rings. The average molecular weight is 178 g/mol. The number of rotatable bonds is 3. The number of phenolic OH excluding ortho intramolecular Hbond substituents is 1. The Bertz CT molecular complexity index is 342. The highest BCUT2D eigenvalue weighted by atomic mass is 16.3. The Morgan fingerprint density at radius 1 is 1.23 bits per heavy atom. The van der Waals surface area contributed by atoms with E-state index < -0.39 is 0 Å². The molecule has 0 radical (unpaired) electrons. The van der Waals surface area contributed by atoms with Gasteiger partial charge in [-0.05, 0) is 24.1 Å². The van der Waals surface area contributed by atoms with Gasteiger partial charge in [-0.25, -0.2) is 0 Å². The lowest BCUT2D eigenvalue weighted by Crippen LogP contribution is -1.93. The van der Waals surface area contributed by atoms with Gasteiger partial charge >= 0.3 is 0 Å². The van der Waals surface area contributed by atoms with Gasteiger partial charge in [0.2, 0.25) is 0 Å². The Balaban J connectivity index is 3.34. The molecule has 0 bridgehead atoms. The number of benzene rings is 1. The maximum absolute atomic E-state index is 10.5. The molecule has 0 unspecified atom stereocenters. The summed E-state index contributed by atoms with van der Waals surface area (Å²) in [6.45, 7) is 1.87. The van der Waals surface area contributed by atoms with E-state index in [0.717, 1.165) is 0 Å². The molecule has 0 saturated heterocycles. The van der Waals surface area contributed by atoms with Gasteiger partial charge in [-0.1, -0.05) is 6.92 Å². The minimum absolute atomic E-state index is 0.0650. The van der Waals surface area contributed by atoms with Crippen LogP contribution in [0.15, 0.2) is 12.1 Å². The van der Waals surface area contributed by atoms with E-state index in [2.05, 4.69) is 0 Å². The Kier molecular flexibility index (Phi) is 2.80. The van der Waals surface area contributed by atoms with Crippen LogP contribution in [0.25, 0.3) is 0 Å². The van der Waals surface area contributed by atoms with Crippen molar-refractivity contribution < 1.29 is 14.7 Å². The molecule has 0 atom stereocenters. The Morgan fingerprint density at radius 3 is 2.23 bits per heavy atom. The van der Waals surface area contributed by atoms with Crippen LogP contribution in [0, 0.1) is 0 Å². The van der Waals surface area contributed by atoms with Crippen molar-refractivity contribution in [2.75, 3.05) is 0 Å². The van der Waals surface area contributed by atoms with Gasteiger partial charge in [0.05, 0.1) is 0 Å². The average Bonchev–Trinajstić information content (AvgIpc) is 2.17. The summed E-state index contributed by atoms with van der Waals surface area (Å²) in [5.74, 6) is 0.0650. The fourth-order valence-corrected chi connectivity index (χ4v) is 1.16. The lowest BCUT2D eigenvalue weighted by atomic mass is 10.0. The van der Waals surface area contributed by atoms with Gasteiger partial charge in [-0.3, -0.25) is 9.59 Å². The maximum Gasteiger partial charge on any atom is 0.150 e. The van der Waals surface area contributed by atoms with Crippen molar-refractivity contribution in [2.24, 2.45) is 0 Å². The molecule has 0 spiro atoms. The summed E-state index contributed by atoms with van der Waals surface area (Å²) in [7, 11) is 0. The highest BCUT2D eigenvalue weighted by Crippen LogP contribution is 2.21. The standard InChI is InChI=1S/C10H10O3/c1-2-7-3-8(5-11)9(6-12)4-10(7)13/h3-6,13H,2H2,1H3. The summed E-state index contributed by atoms with van der Waals surface area (Å²) >= 11 is 0. The van der Waals surface area contributed by atoms with Crippen LogP contribution in [0.5, 0.6) is 5.75 Å². The third kappa shape index (κ3) is 1.75. The molecule has 0 saturated carbocycles. The Labute approximate surface area is 76.0 Å². The lowest BCUT2D eigenvalue weighted by molar-refractivity contribution is 0.109. The van der Waals surface area contributed by atoms with Crippen molar-refractivity contribution in [3.63, 3.8) is 0 Å². The van der Waals surface area contributed by atoms with Crippen LogP contribution in [0.1, 0.15) is 33.2 Å². The molecule has 0 fully saturated rings. The van der Waals surface area contributed by atoms with Crippen molar-refractivity contribution in [3.8, 4) is 5.75 Å². The molecule has 0 heterocycles. The minimum Gasteiger partial charge on any atom is -0.508 e. The molecule has 0 aliphatic heterocycles. The van der Waals surface area contributed by atoms with Crippen molar-refractivity contribution in [1.82, 2.24) is 0 Å². The highest BCUT2D eigenvalue weighted by molar-refractivity contribution is 5.91. The van der Waals surface area contributed by atoms with Crippen LogP contribution in [0.4, 0.5) is 0 Å². The van der Waals surface area contributed by atoms with E-state index in [1.165, 1.54) is 12.1 Å². The first-order valence-corrected chi connectivity index (χ1v) is 3.99. The van der Waals surface area contributed by atoms with Gasteiger partial charge in [-0.2, -0.15) is 0 Å².